The minimum Gasteiger partial charge on any atom is -0.497 e. The number of hydrogen-bond donors (Lipinski definition) is 2. The van der Waals surface area contributed by atoms with E-state index in [9.17, 15) is 9.59 Å². The molecule has 7 nitrogen and oxygen atoms in total. The second kappa shape index (κ2) is 10.4. The molecule has 3 aromatic rings. The lowest BCUT2D eigenvalue weighted by atomic mass is 9.96. The van der Waals surface area contributed by atoms with E-state index in [1.54, 1.807) is 19.1 Å². The number of para-hydroxylation sites is 1. The summed E-state index contributed by atoms with van der Waals surface area (Å²) in [5.41, 5.74) is 1.93. The van der Waals surface area contributed by atoms with Gasteiger partial charge in [-0.05, 0) is 43.2 Å². The zero-order valence-electron chi connectivity index (χ0n) is 19.2. The molecule has 0 spiro atoms. The second-order valence-corrected chi connectivity index (χ2v) is 8.53. The highest BCUT2D eigenvalue weighted by atomic mass is 16.5. The summed E-state index contributed by atoms with van der Waals surface area (Å²) < 4.78 is 10.8. The molecule has 1 saturated carbocycles. The zero-order valence-corrected chi connectivity index (χ0v) is 19.2. The van der Waals surface area contributed by atoms with Gasteiger partial charge in [-0.1, -0.05) is 37.5 Å². The number of amides is 2. The number of ether oxygens (including phenoxy) is 2. The van der Waals surface area contributed by atoms with Crippen LogP contribution in [0.3, 0.4) is 0 Å². The Morgan fingerprint density at radius 2 is 1.76 bits per heavy atom. The highest BCUT2D eigenvalue weighted by molar-refractivity contribution is 5.81. The molecule has 0 unspecified atom stereocenters. The molecule has 0 aliphatic heterocycles. The molecule has 0 radical (unpaired) electrons. The van der Waals surface area contributed by atoms with Gasteiger partial charge in [0.15, 0.2) is 0 Å². The van der Waals surface area contributed by atoms with Gasteiger partial charge in [0.25, 0.3) is 5.56 Å². The first-order chi connectivity index (χ1) is 16.1. The molecule has 1 aliphatic carbocycles. The van der Waals surface area contributed by atoms with Crippen LogP contribution in [-0.4, -0.2) is 36.2 Å². The Balaban J connectivity index is 1.64. The van der Waals surface area contributed by atoms with Gasteiger partial charge >= 0.3 is 6.03 Å². The highest BCUT2D eigenvalue weighted by Crippen LogP contribution is 2.23. The van der Waals surface area contributed by atoms with Gasteiger partial charge in [0.1, 0.15) is 11.5 Å². The number of carbonyl (C=O) groups excluding carboxylic acids is 1. The third kappa shape index (κ3) is 5.48. The fourth-order valence-corrected chi connectivity index (χ4v) is 4.43. The van der Waals surface area contributed by atoms with Crippen molar-refractivity contribution in [3.05, 3.63) is 70.0 Å². The van der Waals surface area contributed by atoms with Crippen LogP contribution in [0, 0.1) is 0 Å². The number of hydrogen-bond acceptors (Lipinski definition) is 4. The quantitative estimate of drug-likeness (QED) is 0.553. The molecule has 0 saturated heterocycles. The summed E-state index contributed by atoms with van der Waals surface area (Å²) in [6, 6.07) is 15.0. The number of fused-ring (bicyclic) bond motifs is 1. The normalized spacial score (nSPS) is 14.1. The van der Waals surface area contributed by atoms with Gasteiger partial charge in [-0.15, -0.1) is 0 Å². The van der Waals surface area contributed by atoms with Gasteiger partial charge in [-0.25, -0.2) is 4.79 Å². The summed E-state index contributed by atoms with van der Waals surface area (Å²) in [7, 11) is 3.23. The van der Waals surface area contributed by atoms with Gasteiger partial charge in [0, 0.05) is 28.1 Å². The fourth-order valence-electron chi connectivity index (χ4n) is 4.43. The van der Waals surface area contributed by atoms with E-state index in [1.807, 2.05) is 48.5 Å². The Morgan fingerprint density at radius 1 is 1.00 bits per heavy atom. The second-order valence-electron chi connectivity index (χ2n) is 8.53. The van der Waals surface area contributed by atoms with Crippen LogP contribution < -0.4 is 20.3 Å². The molecule has 2 N–H and O–H groups in total. The standard InChI is InChI=1S/C26H31N3O4/c1-32-22-12-13-23-19(15-22)14-20(25(30)28-23)17-29(16-18-8-6-7-11-24(18)33-2)26(31)27-21-9-4-3-5-10-21/h6-8,11-15,21H,3-5,9-10,16-17H2,1-2H3,(H,27,31)(H,28,30). The molecule has 1 fully saturated rings. The lowest BCUT2D eigenvalue weighted by molar-refractivity contribution is 0.183. The first-order valence-corrected chi connectivity index (χ1v) is 11.4. The molecule has 1 aromatic heterocycles. The molecule has 2 amide bonds. The maximum atomic E-state index is 13.3. The van der Waals surface area contributed by atoms with Crippen LogP contribution >= 0.6 is 0 Å². The molecule has 1 aliphatic rings. The summed E-state index contributed by atoms with van der Waals surface area (Å²) in [5.74, 6) is 1.42. The molecule has 2 aromatic carbocycles. The third-order valence-corrected chi connectivity index (χ3v) is 6.26. The van der Waals surface area contributed by atoms with Crippen molar-refractivity contribution in [1.29, 1.82) is 0 Å². The van der Waals surface area contributed by atoms with Gasteiger partial charge in [0.2, 0.25) is 0 Å². The molecular weight excluding hydrogens is 418 g/mol. The van der Waals surface area contributed by atoms with E-state index in [0.29, 0.717) is 23.6 Å². The lowest BCUT2D eigenvalue weighted by Crippen LogP contribution is -2.45. The van der Waals surface area contributed by atoms with Gasteiger partial charge in [-0.3, -0.25) is 4.79 Å². The molecule has 0 bridgehead atoms. The summed E-state index contributed by atoms with van der Waals surface area (Å²) in [5, 5.41) is 4.04. The minimum atomic E-state index is -0.205. The summed E-state index contributed by atoms with van der Waals surface area (Å²) in [6.07, 6.45) is 5.45. The largest absolute Gasteiger partial charge is 0.497 e. The Labute approximate surface area is 193 Å². The highest BCUT2D eigenvalue weighted by Gasteiger charge is 2.22. The van der Waals surface area contributed by atoms with E-state index in [2.05, 4.69) is 10.3 Å². The number of aromatic nitrogens is 1. The molecule has 174 valence electrons. The maximum Gasteiger partial charge on any atom is 0.318 e. The van der Waals surface area contributed by atoms with E-state index < -0.39 is 0 Å². The molecular formula is C26H31N3O4. The number of urea groups is 1. The van der Waals surface area contributed by atoms with Crippen molar-refractivity contribution in [3.63, 3.8) is 0 Å². The monoisotopic (exact) mass is 449 g/mol. The van der Waals surface area contributed by atoms with Crippen LogP contribution in [-0.2, 0) is 13.1 Å². The third-order valence-electron chi connectivity index (χ3n) is 6.26. The van der Waals surface area contributed by atoms with Crippen LogP contribution in [0.5, 0.6) is 11.5 Å². The number of nitrogens with one attached hydrogen (secondary N) is 2. The number of carbonyl (C=O) groups is 1. The van der Waals surface area contributed by atoms with E-state index in [1.165, 1.54) is 6.42 Å². The molecule has 1 heterocycles. The van der Waals surface area contributed by atoms with E-state index in [-0.39, 0.29) is 24.2 Å². The van der Waals surface area contributed by atoms with E-state index >= 15 is 0 Å². The first-order valence-electron chi connectivity index (χ1n) is 11.4. The smallest absolute Gasteiger partial charge is 0.318 e. The van der Waals surface area contributed by atoms with E-state index in [0.717, 1.165) is 42.1 Å². The van der Waals surface area contributed by atoms with Crippen LogP contribution in [0.2, 0.25) is 0 Å². The van der Waals surface area contributed by atoms with Crippen molar-refractivity contribution in [2.24, 2.45) is 0 Å². The minimum absolute atomic E-state index is 0.169. The number of nitrogens with zero attached hydrogens (tertiary/aromatic N) is 1. The van der Waals surface area contributed by atoms with Crippen molar-refractivity contribution < 1.29 is 14.3 Å². The van der Waals surface area contributed by atoms with E-state index in [4.69, 9.17) is 9.47 Å². The Hall–Kier alpha value is -3.48. The SMILES string of the molecule is COc1ccc2[nH]c(=O)c(CN(Cc3ccccc3OC)C(=O)NC3CCCCC3)cc2c1. The number of aromatic amines is 1. The van der Waals surface area contributed by atoms with Gasteiger partial charge < -0.3 is 24.7 Å². The average molecular weight is 450 g/mol. The van der Waals surface area contributed by atoms with Crippen LogP contribution in [0.25, 0.3) is 10.9 Å². The molecule has 0 atom stereocenters. The van der Waals surface area contributed by atoms with Gasteiger partial charge in [-0.2, -0.15) is 0 Å². The number of rotatable bonds is 7. The number of methoxy groups -OCH3 is 2. The Bertz CT molecular complexity index is 1170. The van der Waals surface area contributed by atoms with Crippen molar-refractivity contribution in [3.8, 4) is 11.5 Å². The molecule has 7 heteroatoms. The Morgan fingerprint density at radius 3 is 2.52 bits per heavy atom. The summed E-state index contributed by atoms with van der Waals surface area (Å²) >= 11 is 0. The van der Waals surface area contributed by atoms with Crippen LogP contribution in [0.4, 0.5) is 4.79 Å². The number of pyridine rings is 1. The van der Waals surface area contributed by atoms with Gasteiger partial charge in [0.05, 0.1) is 27.3 Å². The van der Waals surface area contributed by atoms with Crippen LogP contribution in [0.15, 0.2) is 53.3 Å². The number of H-pyrrole nitrogens is 1. The summed E-state index contributed by atoms with van der Waals surface area (Å²) in [6.45, 7) is 0.511. The number of benzene rings is 2. The topological polar surface area (TPSA) is 83.7 Å². The fraction of sp³-hybridized carbons (Fsp3) is 0.385. The molecule has 33 heavy (non-hydrogen) atoms. The average Bonchev–Trinajstić information content (AvgIpc) is 2.84. The first kappa shape index (κ1) is 22.7. The van der Waals surface area contributed by atoms with Crippen molar-refractivity contribution in [2.45, 2.75) is 51.2 Å². The predicted molar refractivity (Wildman–Crippen MR) is 129 cm³/mol. The van der Waals surface area contributed by atoms with Crippen molar-refractivity contribution in [2.75, 3.05) is 14.2 Å². The van der Waals surface area contributed by atoms with Crippen molar-refractivity contribution >= 4 is 16.9 Å². The Kier molecular flexibility index (Phi) is 7.17. The van der Waals surface area contributed by atoms with Crippen molar-refractivity contribution in [1.82, 2.24) is 15.2 Å². The predicted octanol–water partition coefficient (Wildman–Crippen LogP) is 4.59. The maximum absolute atomic E-state index is 13.3. The molecule has 4 rings (SSSR count). The zero-order chi connectivity index (χ0) is 23.2. The summed E-state index contributed by atoms with van der Waals surface area (Å²) in [4.78, 5) is 30.8. The lowest BCUT2D eigenvalue weighted by Gasteiger charge is -2.29. The van der Waals surface area contributed by atoms with Crippen LogP contribution in [0.1, 0.15) is 43.2 Å².